The predicted octanol–water partition coefficient (Wildman–Crippen LogP) is 3.67. The fourth-order valence-corrected chi connectivity index (χ4v) is 2.96. The second-order valence-corrected chi connectivity index (χ2v) is 6.24. The molecule has 25 heavy (non-hydrogen) atoms. The summed E-state index contributed by atoms with van der Waals surface area (Å²) in [7, 11) is 0. The van der Waals surface area contributed by atoms with E-state index >= 15 is 0 Å². The number of aryl methyl sites for hydroxylation is 1. The molecule has 0 aliphatic carbocycles. The van der Waals surface area contributed by atoms with E-state index in [1.165, 1.54) is 6.08 Å². The van der Waals surface area contributed by atoms with E-state index < -0.39 is 0 Å². The van der Waals surface area contributed by atoms with Crippen LogP contribution in [0.15, 0.2) is 58.2 Å². The molecular weight excluding hydrogens is 384 g/mol. The van der Waals surface area contributed by atoms with Gasteiger partial charge < -0.3 is 9.73 Å². The maximum Gasteiger partial charge on any atom is 0.249 e. The van der Waals surface area contributed by atoms with Gasteiger partial charge in [0.05, 0.1) is 5.56 Å². The van der Waals surface area contributed by atoms with Crippen LogP contribution in [0, 0.1) is 6.92 Å². The van der Waals surface area contributed by atoms with Crippen molar-refractivity contribution in [1.82, 2.24) is 20.5 Å². The zero-order valence-corrected chi connectivity index (χ0v) is 15.1. The van der Waals surface area contributed by atoms with Crippen LogP contribution in [0.25, 0.3) is 22.9 Å². The van der Waals surface area contributed by atoms with Crippen LogP contribution in [-0.2, 0) is 11.3 Å². The molecule has 0 aliphatic heterocycles. The van der Waals surface area contributed by atoms with Gasteiger partial charge in [0.25, 0.3) is 0 Å². The van der Waals surface area contributed by atoms with E-state index in [0.29, 0.717) is 18.3 Å². The quantitative estimate of drug-likeness (QED) is 0.663. The Balaban J connectivity index is 2.00. The van der Waals surface area contributed by atoms with E-state index in [1.54, 1.807) is 18.5 Å². The summed E-state index contributed by atoms with van der Waals surface area (Å²) in [5, 5.41) is 11.0. The Morgan fingerprint density at radius 2 is 2.16 bits per heavy atom. The summed E-state index contributed by atoms with van der Waals surface area (Å²) in [6.45, 7) is 5.76. The second kappa shape index (κ2) is 7.40. The summed E-state index contributed by atoms with van der Waals surface area (Å²) in [6, 6.07) is 7.51. The first-order valence-corrected chi connectivity index (χ1v) is 8.31. The number of halogens is 1. The highest BCUT2D eigenvalue weighted by molar-refractivity contribution is 9.10. The lowest BCUT2D eigenvalue weighted by molar-refractivity contribution is -0.116. The Morgan fingerprint density at radius 1 is 1.36 bits per heavy atom. The first-order chi connectivity index (χ1) is 12.1. The van der Waals surface area contributed by atoms with Gasteiger partial charge in [-0.2, -0.15) is 0 Å². The molecule has 126 valence electrons. The van der Waals surface area contributed by atoms with Crippen LogP contribution in [0.5, 0.6) is 0 Å². The molecule has 0 spiro atoms. The van der Waals surface area contributed by atoms with Gasteiger partial charge in [0.2, 0.25) is 17.7 Å². The number of benzene rings is 1. The molecule has 0 radical (unpaired) electrons. The summed E-state index contributed by atoms with van der Waals surface area (Å²) in [5.74, 6) is 0.530. The molecule has 0 aliphatic rings. The smallest absolute Gasteiger partial charge is 0.249 e. The molecule has 0 fully saturated rings. The maximum atomic E-state index is 11.5. The summed E-state index contributed by atoms with van der Waals surface area (Å²) in [5.41, 5.74) is 3.41. The molecule has 1 amide bonds. The summed E-state index contributed by atoms with van der Waals surface area (Å²) < 4.78 is 6.71. The zero-order chi connectivity index (χ0) is 17.8. The highest BCUT2D eigenvalue weighted by Crippen LogP contribution is 2.31. The summed E-state index contributed by atoms with van der Waals surface area (Å²) in [4.78, 5) is 15.6. The van der Waals surface area contributed by atoms with E-state index in [4.69, 9.17) is 4.42 Å². The molecule has 1 aromatic carbocycles. The Bertz CT molecular complexity index is 922. The Labute approximate surface area is 153 Å². The van der Waals surface area contributed by atoms with Crippen LogP contribution in [0.4, 0.5) is 0 Å². The van der Waals surface area contributed by atoms with Crippen LogP contribution < -0.4 is 5.32 Å². The fraction of sp³-hybridized carbons (Fsp3) is 0.111. The van der Waals surface area contributed by atoms with Gasteiger partial charge in [-0.3, -0.25) is 9.78 Å². The minimum atomic E-state index is -0.241. The van der Waals surface area contributed by atoms with Gasteiger partial charge in [0.15, 0.2) is 0 Å². The van der Waals surface area contributed by atoms with Crippen LogP contribution >= 0.6 is 15.9 Å². The number of aromatic nitrogens is 3. The lowest BCUT2D eigenvalue weighted by Gasteiger charge is -2.11. The third-order valence-corrected chi connectivity index (χ3v) is 4.08. The second-order valence-electron chi connectivity index (χ2n) is 5.32. The normalized spacial score (nSPS) is 10.5. The Kier molecular flexibility index (Phi) is 5.04. The van der Waals surface area contributed by atoms with Crippen LogP contribution in [0.3, 0.4) is 0 Å². The number of hydrogen-bond acceptors (Lipinski definition) is 5. The number of amides is 1. The largest absolute Gasteiger partial charge is 0.416 e. The number of rotatable bonds is 5. The predicted molar refractivity (Wildman–Crippen MR) is 97.4 cm³/mol. The SMILES string of the molecule is C=CC(=O)NCc1c(C)cc(Br)cc1-c1nnc(-c2cccnc2)o1. The number of pyridine rings is 1. The van der Waals surface area contributed by atoms with Crippen molar-refractivity contribution in [2.75, 3.05) is 0 Å². The molecule has 7 heteroatoms. The first kappa shape index (κ1) is 17.0. The van der Waals surface area contributed by atoms with Crippen LogP contribution in [0.2, 0.25) is 0 Å². The molecule has 2 heterocycles. The van der Waals surface area contributed by atoms with Crippen molar-refractivity contribution in [3.8, 4) is 22.9 Å². The van der Waals surface area contributed by atoms with E-state index in [9.17, 15) is 4.79 Å². The van der Waals surface area contributed by atoms with Gasteiger partial charge in [-0.1, -0.05) is 22.5 Å². The monoisotopic (exact) mass is 398 g/mol. The molecule has 2 aromatic heterocycles. The number of nitrogens with zero attached hydrogens (tertiary/aromatic N) is 3. The Hall–Kier alpha value is -2.80. The molecule has 0 atom stereocenters. The van der Waals surface area contributed by atoms with Crippen molar-refractivity contribution in [1.29, 1.82) is 0 Å². The average molecular weight is 399 g/mol. The number of carbonyl (C=O) groups is 1. The molecule has 0 saturated carbocycles. The van der Waals surface area contributed by atoms with Crippen molar-refractivity contribution < 1.29 is 9.21 Å². The van der Waals surface area contributed by atoms with Crippen molar-refractivity contribution in [3.63, 3.8) is 0 Å². The van der Waals surface area contributed by atoms with Crippen LogP contribution in [-0.4, -0.2) is 21.1 Å². The molecule has 0 saturated heterocycles. The molecule has 1 N–H and O–H groups in total. The number of carbonyl (C=O) groups excluding carboxylic acids is 1. The zero-order valence-electron chi connectivity index (χ0n) is 13.5. The molecule has 3 rings (SSSR count). The van der Waals surface area contributed by atoms with E-state index in [0.717, 1.165) is 26.7 Å². The van der Waals surface area contributed by atoms with Gasteiger partial charge in [0.1, 0.15) is 0 Å². The summed E-state index contributed by atoms with van der Waals surface area (Å²) >= 11 is 3.49. The lowest BCUT2D eigenvalue weighted by atomic mass is 10.0. The summed E-state index contributed by atoms with van der Waals surface area (Å²) in [6.07, 6.45) is 4.58. The van der Waals surface area contributed by atoms with Gasteiger partial charge >= 0.3 is 0 Å². The maximum absolute atomic E-state index is 11.5. The molecule has 0 unspecified atom stereocenters. The van der Waals surface area contributed by atoms with E-state index in [2.05, 4.69) is 43.0 Å². The minimum Gasteiger partial charge on any atom is -0.416 e. The average Bonchev–Trinajstić information content (AvgIpc) is 3.11. The van der Waals surface area contributed by atoms with Crippen molar-refractivity contribution in [2.45, 2.75) is 13.5 Å². The fourth-order valence-electron chi connectivity index (χ4n) is 2.38. The van der Waals surface area contributed by atoms with Gasteiger partial charge in [0, 0.05) is 29.0 Å². The van der Waals surface area contributed by atoms with Gasteiger partial charge in [-0.15, -0.1) is 10.2 Å². The number of hydrogen-bond donors (Lipinski definition) is 1. The standard InChI is InChI=1S/C18H15BrN4O2/c1-3-16(24)21-10-15-11(2)7-13(19)8-14(15)18-23-22-17(25-18)12-5-4-6-20-9-12/h3-9H,1,10H2,2H3,(H,21,24). The molecule has 6 nitrogen and oxygen atoms in total. The highest BCUT2D eigenvalue weighted by atomic mass is 79.9. The highest BCUT2D eigenvalue weighted by Gasteiger charge is 2.17. The minimum absolute atomic E-state index is 0.241. The third-order valence-electron chi connectivity index (χ3n) is 3.63. The van der Waals surface area contributed by atoms with Crippen molar-refractivity contribution in [2.24, 2.45) is 0 Å². The molecular formula is C18H15BrN4O2. The first-order valence-electron chi connectivity index (χ1n) is 7.52. The van der Waals surface area contributed by atoms with Crippen LogP contribution in [0.1, 0.15) is 11.1 Å². The van der Waals surface area contributed by atoms with Crippen molar-refractivity contribution >= 4 is 21.8 Å². The Morgan fingerprint density at radius 3 is 2.88 bits per heavy atom. The van der Waals surface area contributed by atoms with E-state index in [1.807, 2.05) is 25.1 Å². The van der Waals surface area contributed by atoms with Gasteiger partial charge in [-0.05, 0) is 48.4 Å². The molecule has 3 aromatic rings. The lowest BCUT2D eigenvalue weighted by Crippen LogP contribution is -2.21. The topological polar surface area (TPSA) is 80.9 Å². The molecule has 0 bridgehead atoms. The van der Waals surface area contributed by atoms with Gasteiger partial charge in [-0.25, -0.2) is 0 Å². The van der Waals surface area contributed by atoms with E-state index in [-0.39, 0.29) is 5.91 Å². The third kappa shape index (κ3) is 3.83. The van der Waals surface area contributed by atoms with Crippen molar-refractivity contribution in [3.05, 3.63) is 64.9 Å². The number of nitrogens with one attached hydrogen (secondary N) is 1.